The Morgan fingerprint density at radius 3 is 2.87 bits per heavy atom. The molecule has 0 spiro atoms. The number of aromatic nitrogens is 2. The van der Waals surface area contributed by atoms with Gasteiger partial charge in [-0.1, -0.05) is 6.07 Å². The molecule has 4 heteroatoms. The van der Waals surface area contributed by atoms with E-state index in [4.69, 9.17) is 0 Å². The van der Waals surface area contributed by atoms with E-state index in [0.29, 0.717) is 12.0 Å². The molecule has 4 nitrogen and oxygen atoms in total. The van der Waals surface area contributed by atoms with Crippen LogP contribution in [-0.4, -0.2) is 9.97 Å². The maximum Gasteiger partial charge on any atom is 0.179 e. The summed E-state index contributed by atoms with van der Waals surface area (Å²) in [6.45, 7) is 0.616. The molecule has 0 bridgehead atoms. The number of fused-ring (bicyclic) bond motifs is 2. The molecular formula is C11H8N4. The minimum absolute atomic E-state index is 0.616. The summed E-state index contributed by atoms with van der Waals surface area (Å²) in [7, 11) is 0. The molecule has 0 radical (unpaired) electrons. The summed E-state index contributed by atoms with van der Waals surface area (Å²) in [5, 5.41) is 0.829. The summed E-state index contributed by atoms with van der Waals surface area (Å²) in [4.78, 5) is 17.2. The largest absolute Gasteiger partial charge is 0.276 e. The van der Waals surface area contributed by atoms with Crippen molar-refractivity contribution in [1.29, 1.82) is 0 Å². The first-order valence-electron chi connectivity index (χ1n) is 4.71. The number of hydrogen-bond donors (Lipinski definition) is 0. The standard InChI is InChI=1S/C11H8N4/c1-3-8-7-14-9-4-2-6-13-11(9)15-10(8)12-5-1/h1-6H,7H2. The molecule has 1 aliphatic heterocycles. The molecule has 1 aliphatic rings. The van der Waals surface area contributed by atoms with Crippen LogP contribution in [-0.2, 0) is 6.54 Å². The van der Waals surface area contributed by atoms with Crippen LogP contribution in [0, 0.1) is 0 Å². The minimum Gasteiger partial charge on any atom is -0.276 e. The van der Waals surface area contributed by atoms with Gasteiger partial charge < -0.3 is 0 Å². The Hall–Kier alpha value is -2.10. The van der Waals surface area contributed by atoms with E-state index in [0.717, 1.165) is 16.7 Å². The van der Waals surface area contributed by atoms with E-state index in [1.165, 1.54) is 0 Å². The lowest BCUT2D eigenvalue weighted by molar-refractivity contribution is 0.994. The average Bonchev–Trinajstić information content (AvgIpc) is 2.48. The Bertz CT molecular complexity index is 618. The van der Waals surface area contributed by atoms with Crippen LogP contribution in [0.4, 0.5) is 5.82 Å². The maximum absolute atomic E-state index is 4.43. The lowest BCUT2D eigenvalue weighted by Crippen LogP contribution is -2.27. The predicted octanol–water partition coefficient (Wildman–Crippen LogP) is 0.561. The van der Waals surface area contributed by atoms with Gasteiger partial charge >= 0.3 is 0 Å². The van der Waals surface area contributed by atoms with Crippen LogP contribution in [0.5, 0.6) is 0 Å². The van der Waals surface area contributed by atoms with Crippen molar-refractivity contribution in [1.82, 2.24) is 9.97 Å². The molecule has 0 aliphatic carbocycles. The maximum atomic E-state index is 4.43. The fraction of sp³-hybridized carbons (Fsp3) is 0.0909. The van der Waals surface area contributed by atoms with Crippen LogP contribution in [0.3, 0.4) is 0 Å². The zero-order chi connectivity index (χ0) is 10.1. The van der Waals surface area contributed by atoms with Gasteiger partial charge in [0.25, 0.3) is 0 Å². The van der Waals surface area contributed by atoms with Gasteiger partial charge in [-0.15, -0.1) is 0 Å². The van der Waals surface area contributed by atoms with Crippen molar-refractivity contribution >= 4 is 5.82 Å². The molecule has 2 aromatic heterocycles. The molecule has 0 fully saturated rings. The Balaban J connectivity index is 2.36. The second-order valence-electron chi connectivity index (χ2n) is 3.26. The highest BCUT2D eigenvalue weighted by atomic mass is 15.0. The molecule has 0 saturated heterocycles. The van der Waals surface area contributed by atoms with Crippen molar-refractivity contribution in [3.63, 3.8) is 0 Å². The van der Waals surface area contributed by atoms with Gasteiger partial charge in [-0.3, -0.25) is 4.99 Å². The van der Waals surface area contributed by atoms with E-state index in [2.05, 4.69) is 20.0 Å². The third-order valence-corrected chi connectivity index (χ3v) is 2.27. The Morgan fingerprint density at radius 2 is 1.87 bits per heavy atom. The highest BCUT2D eigenvalue weighted by Crippen LogP contribution is 2.15. The van der Waals surface area contributed by atoms with Gasteiger partial charge in [0.15, 0.2) is 11.3 Å². The van der Waals surface area contributed by atoms with Crippen molar-refractivity contribution in [3.8, 4) is 0 Å². The first kappa shape index (κ1) is 8.23. The van der Waals surface area contributed by atoms with Crippen molar-refractivity contribution in [2.24, 2.45) is 9.98 Å². The van der Waals surface area contributed by atoms with Crippen molar-refractivity contribution in [2.75, 3.05) is 0 Å². The summed E-state index contributed by atoms with van der Waals surface area (Å²) in [5.74, 6) is 0.721. The van der Waals surface area contributed by atoms with Gasteiger partial charge in [0.1, 0.15) is 5.36 Å². The second kappa shape index (κ2) is 3.24. The van der Waals surface area contributed by atoms with Crippen molar-refractivity contribution in [2.45, 2.75) is 6.54 Å². The topological polar surface area (TPSA) is 50.5 Å². The number of pyridine rings is 2. The average molecular weight is 196 g/mol. The zero-order valence-corrected chi connectivity index (χ0v) is 7.96. The molecule has 2 aromatic rings. The smallest absolute Gasteiger partial charge is 0.179 e. The zero-order valence-electron chi connectivity index (χ0n) is 7.96. The van der Waals surface area contributed by atoms with Gasteiger partial charge in [-0.05, 0) is 18.2 Å². The molecule has 15 heavy (non-hydrogen) atoms. The first-order chi connectivity index (χ1) is 7.43. The molecule has 0 saturated carbocycles. The minimum atomic E-state index is 0.616. The van der Waals surface area contributed by atoms with E-state index >= 15 is 0 Å². The Kier molecular flexibility index (Phi) is 1.78. The lowest BCUT2D eigenvalue weighted by Gasteiger charge is -1.96. The molecule has 0 unspecified atom stereocenters. The van der Waals surface area contributed by atoms with Crippen molar-refractivity contribution in [3.05, 3.63) is 53.1 Å². The van der Waals surface area contributed by atoms with Gasteiger partial charge in [-0.25, -0.2) is 15.0 Å². The van der Waals surface area contributed by atoms with E-state index in [-0.39, 0.29) is 0 Å². The van der Waals surface area contributed by atoms with Gasteiger partial charge in [0.05, 0.1) is 6.54 Å². The van der Waals surface area contributed by atoms with Crippen molar-refractivity contribution < 1.29 is 0 Å². The SMILES string of the molecule is c1cnc2c(c1)CN=c1cccnc1=N2. The third kappa shape index (κ3) is 1.40. The molecule has 0 amide bonds. The van der Waals surface area contributed by atoms with Crippen LogP contribution in [0.1, 0.15) is 5.56 Å². The fourth-order valence-corrected chi connectivity index (χ4v) is 1.52. The monoisotopic (exact) mass is 196 g/mol. The summed E-state index contributed by atoms with van der Waals surface area (Å²) < 4.78 is 0. The quantitative estimate of drug-likeness (QED) is 0.618. The fourth-order valence-electron chi connectivity index (χ4n) is 1.52. The molecule has 0 N–H and O–H groups in total. The van der Waals surface area contributed by atoms with E-state index in [1.54, 1.807) is 12.4 Å². The molecule has 0 atom stereocenters. The predicted molar refractivity (Wildman–Crippen MR) is 54.2 cm³/mol. The lowest BCUT2D eigenvalue weighted by atomic mass is 10.2. The molecule has 3 heterocycles. The summed E-state index contributed by atoms with van der Waals surface area (Å²) in [5.41, 5.74) is 1.69. The Morgan fingerprint density at radius 1 is 1.00 bits per heavy atom. The third-order valence-electron chi connectivity index (χ3n) is 2.27. The van der Waals surface area contributed by atoms with E-state index in [1.807, 2.05) is 24.3 Å². The number of rotatable bonds is 0. The molecule has 0 aromatic carbocycles. The normalized spacial score (nSPS) is 12.8. The van der Waals surface area contributed by atoms with Gasteiger partial charge in [0.2, 0.25) is 0 Å². The molecule has 72 valence electrons. The molecule has 3 rings (SSSR count). The summed E-state index contributed by atoms with van der Waals surface area (Å²) >= 11 is 0. The highest BCUT2D eigenvalue weighted by molar-refractivity contribution is 5.38. The van der Waals surface area contributed by atoms with Gasteiger partial charge in [-0.2, -0.15) is 0 Å². The Labute approximate surface area is 86.1 Å². The number of nitrogens with zero attached hydrogens (tertiary/aromatic N) is 4. The van der Waals surface area contributed by atoms with Crippen LogP contribution in [0.25, 0.3) is 0 Å². The van der Waals surface area contributed by atoms with Gasteiger partial charge in [0, 0.05) is 18.0 Å². The van der Waals surface area contributed by atoms with Crippen LogP contribution in [0.2, 0.25) is 0 Å². The molecular weight excluding hydrogens is 188 g/mol. The number of hydrogen-bond acceptors (Lipinski definition) is 4. The summed E-state index contributed by atoms with van der Waals surface area (Å²) in [6, 6.07) is 7.66. The van der Waals surface area contributed by atoms with E-state index < -0.39 is 0 Å². The second-order valence-corrected chi connectivity index (χ2v) is 3.26. The van der Waals surface area contributed by atoms with Crippen LogP contribution >= 0.6 is 0 Å². The van der Waals surface area contributed by atoms with E-state index in [9.17, 15) is 0 Å². The van der Waals surface area contributed by atoms with Crippen LogP contribution in [0.15, 0.2) is 46.6 Å². The highest BCUT2D eigenvalue weighted by Gasteiger charge is 2.04. The van der Waals surface area contributed by atoms with Crippen LogP contribution < -0.4 is 10.8 Å². The first-order valence-corrected chi connectivity index (χ1v) is 4.71. The summed E-state index contributed by atoms with van der Waals surface area (Å²) in [6.07, 6.45) is 3.45.